The zero-order chi connectivity index (χ0) is 24.9. The second-order valence-electron chi connectivity index (χ2n) is 9.09. The summed E-state index contributed by atoms with van der Waals surface area (Å²) in [4.78, 5) is 13.3. The van der Waals surface area contributed by atoms with E-state index in [0.717, 1.165) is 35.1 Å². The van der Waals surface area contributed by atoms with Gasteiger partial charge in [-0.15, -0.1) is 10.2 Å². The van der Waals surface area contributed by atoms with Crippen LogP contribution in [0.1, 0.15) is 57.0 Å². The molecule has 0 atom stereocenters. The summed E-state index contributed by atoms with van der Waals surface area (Å²) >= 11 is 0. The number of nitrogens with one attached hydrogen (secondary N) is 1. The second-order valence-corrected chi connectivity index (χ2v) is 9.09. The van der Waals surface area contributed by atoms with E-state index in [1.807, 2.05) is 69.3 Å². The maximum Gasteiger partial charge on any atom is 0.329 e. The van der Waals surface area contributed by atoms with Gasteiger partial charge in [0.15, 0.2) is 0 Å². The summed E-state index contributed by atoms with van der Waals surface area (Å²) in [6.07, 6.45) is -0.636. The van der Waals surface area contributed by atoms with Crippen LogP contribution in [-0.4, -0.2) is 29.8 Å². The minimum absolute atomic E-state index is 0.0821. The number of aromatic amines is 1. The highest BCUT2D eigenvalue weighted by Crippen LogP contribution is 2.30. The van der Waals surface area contributed by atoms with E-state index in [2.05, 4.69) is 20.6 Å². The van der Waals surface area contributed by atoms with Crippen LogP contribution in [0.2, 0.25) is 0 Å². The molecule has 2 aromatic carbocycles. The third kappa shape index (κ3) is 5.23. The first kappa shape index (κ1) is 24.5. The molecule has 0 saturated carbocycles. The van der Waals surface area contributed by atoms with Crippen LogP contribution in [0.25, 0.3) is 22.5 Å². The molecule has 2 heterocycles. The van der Waals surface area contributed by atoms with Crippen LogP contribution < -0.4 is 5.69 Å². The first-order chi connectivity index (χ1) is 16.9. The molecule has 0 fully saturated rings. The molecule has 1 N–H and O–H groups in total. The minimum atomic E-state index is -2.70. The Morgan fingerprint density at radius 1 is 1.00 bits per heavy atom. The fourth-order valence-electron chi connectivity index (χ4n) is 4.39. The molecule has 0 aliphatic carbocycles. The van der Waals surface area contributed by atoms with Crippen molar-refractivity contribution in [3.63, 3.8) is 0 Å². The summed E-state index contributed by atoms with van der Waals surface area (Å²) in [6.45, 7) is 6.39. The molecule has 184 valence electrons. The third-order valence-electron chi connectivity index (χ3n) is 6.01. The highest BCUT2D eigenvalue weighted by molar-refractivity contribution is 5.80. The van der Waals surface area contributed by atoms with Crippen LogP contribution in [0.15, 0.2) is 53.3 Å². The Balaban J connectivity index is 1.69. The van der Waals surface area contributed by atoms with Gasteiger partial charge in [0.05, 0.1) is 6.54 Å². The Labute approximate surface area is 202 Å². The number of imidazole rings is 1. The maximum absolute atomic E-state index is 14.1. The number of aromatic nitrogens is 6. The van der Waals surface area contributed by atoms with Crippen molar-refractivity contribution in [3.8, 4) is 22.5 Å². The van der Waals surface area contributed by atoms with E-state index in [-0.39, 0.29) is 30.4 Å². The molecule has 0 unspecified atom stereocenters. The average Bonchev–Trinajstić information content (AvgIpc) is 3.46. The van der Waals surface area contributed by atoms with E-state index in [4.69, 9.17) is 0 Å². The smallest absolute Gasteiger partial charge is 0.291 e. The first-order valence-corrected chi connectivity index (χ1v) is 11.9. The summed E-state index contributed by atoms with van der Waals surface area (Å²) < 4.78 is 31.0. The van der Waals surface area contributed by atoms with E-state index < -0.39 is 6.43 Å². The summed E-state index contributed by atoms with van der Waals surface area (Å²) in [6, 6.07) is 15.5. The Bertz CT molecular complexity index is 1310. The molecule has 7 nitrogen and oxygen atoms in total. The topological polar surface area (TPSA) is 81.4 Å². The molecule has 0 amide bonds. The van der Waals surface area contributed by atoms with Gasteiger partial charge < -0.3 is 0 Å². The number of benzene rings is 2. The number of halogens is 2. The molecule has 35 heavy (non-hydrogen) atoms. The summed E-state index contributed by atoms with van der Waals surface area (Å²) in [5.74, 6) is 0.585. The van der Waals surface area contributed by atoms with Gasteiger partial charge in [-0.05, 0) is 40.7 Å². The van der Waals surface area contributed by atoms with Gasteiger partial charge in [-0.25, -0.2) is 13.6 Å². The first-order valence-electron chi connectivity index (χ1n) is 11.9. The van der Waals surface area contributed by atoms with E-state index in [1.54, 1.807) is 0 Å². The van der Waals surface area contributed by atoms with Crippen LogP contribution in [-0.2, 0) is 19.5 Å². The number of unbranched alkanes of at least 4 members (excludes halogenated alkanes) is 1. The largest absolute Gasteiger partial charge is 0.329 e. The number of tetrazole rings is 1. The molecule has 0 bridgehead atoms. The molecular formula is C26H30F2N6O. The van der Waals surface area contributed by atoms with E-state index in [0.29, 0.717) is 17.9 Å². The third-order valence-corrected chi connectivity index (χ3v) is 6.01. The molecule has 0 saturated heterocycles. The van der Waals surface area contributed by atoms with Gasteiger partial charge in [0, 0.05) is 17.8 Å². The number of H-pyrrole nitrogens is 1. The molecule has 4 aromatic rings. The fraction of sp³-hybridized carbons (Fsp3) is 0.385. The molecule has 9 heteroatoms. The molecule has 2 aromatic heterocycles. The standard InChI is InChI=1S/C26H30F2N6O/c1-4-5-10-22-23(24(27)28)34(15-17(2)3)26(35)33(22)16-18-11-13-19(14-12-18)20-8-6-7-9-21(20)25-29-31-32-30-25/h6-9,11-14,17,24H,4-5,10,15-16H2,1-3H3,(H,29,30,31,32). The molecule has 0 radical (unpaired) electrons. The van der Waals surface area contributed by atoms with Crippen molar-refractivity contribution >= 4 is 0 Å². The summed E-state index contributed by atoms with van der Waals surface area (Å²) in [5.41, 5.74) is 3.56. The summed E-state index contributed by atoms with van der Waals surface area (Å²) in [7, 11) is 0. The van der Waals surface area contributed by atoms with Gasteiger partial charge in [0.25, 0.3) is 6.43 Å². The highest BCUT2D eigenvalue weighted by Gasteiger charge is 2.26. The lowest BCUT2D eigenvalue weighted by Gasteiger charge is -2.11. The van der Waals surface area contributed by atoms with Crippen LogP contribution in [0.4, 0.5) is 8.78 Å². The van der Waals surface area contributed by atoms with Crippen LogP contribution in [0, 0.1) is 5.92 Å². The van der Waals surface area contributed by atoms with E-state index >= 15 is 0 Å². The van der Waals surface area contributed by atoms with Crippen LogP contribution in [0.5, 0.6) is 0 Å². The van der Waals surface area contributed by atoms with E-state index in [9.17, 15) is 13.6 Å². The van der Waals surface area contributed by atoms with Crippen molar-refractivity contribution in [2.24, 2.45) is 5.92 Å². The summed E-state index contributed by atoms with van der Waals surface area (Å²) in [5, 5.41) is 14.3. The van der Waals surface area contributed by atoms with Gasteiger partial charge in [0.1, 0.15) is 5.69 Å². The van der Waals surface area contributed by atoms with Crippen molar-refractivity contribution in [3.05, 3.63) is 76.0 Å². The SMILES string of the molecule is CCCCc1c(C(F)F)n(CC(C)C)c(=O)n1Cc1ccc(-c2ccccc2-c2nn[nH]n2)cc1. The monoisotopic (exact) mass is 480 g/mol. The van der Waals surface area contributed by atoms with Gasteiger partial charge in [0.2, 0.25) is 5.82 Å². The fourth-order valence-corrected chi connectivity index (χ4v) is 4.39. The van der Waals surface area contributed by atoms with Crippen molar-refractivity contribution in [2.75, 3.05) is 0 Å². The number of nitrogens with zero attached hydrogens (tertiary/aromatic N) is 5. The highest BCUT2D eigenvalue weighted by atomic mass is 19.3. The Hall–Kier alpha value is -3.62. The van der Waals surface area contributed by atoms with E-state index in [1.165, 1.54) is 9.13 Å². The minimum Gasteiger partial charge on any atom is -0.291 e. The van der Waals surface area contributed by atoms with Crippen molar-refractivity contribution in [2.45, 2.75) is 59.5 Å². The van der Waals surface area contributed by atoms with Crippen molar-refractivity contribution in [1.29, 1.82) is 0 Å². The number of alkyl halides is 2. The maximum atomic E-state index is 14.1. The van der Waals surface area contributed by atoms with Gasteiger partial charge in [-0.3, -0.25) is 9.13 Å². The second kappa shape index (κ2) is 10.8. The van der Waals surface area contributed by atoms with Crippen molar-refractivity contribution in [1.82, 2.24) is 29.8 Å². The quantitative estimate of drug-likeness (QED) is 0.326. The lowest BCUT2D eigenvalue weighted by Crippen LogP contribution is -2.27. The zero-order valence-corrected chi connectivity index (χ0v) is 20.2. The van der Waals surface area contributed by atoms with Gasteiger partial charge >= 0.3 is 5.69 Å². The zero-order valence-electron chi connectivity index (χ0n) is 20.2. The average molecular weight is 481 g/mol. The van der Waals surface area contributed by atoms with Crippen molar-refractivity contribution < 1.29 is 8.78 Å². The lowest BCUT2D eigenvalue weighted by molar-refractivity contribution is 0.138. The predicted molar refractivity (Wildman–Crippen MR) is 131 cm³/mol. The predicted octanol–water partition coefficient (Wildman–Crippen LogP) is 5.48. The van der Waals surface area contributed by atoms with Gasteiger partial charge in [-0.2, -0.15) is 5.21 Å². The van der Waals surface area contributed by atoms with Gasteiger partial charge in [-0.1, -0.05) is 75.7 Å². The molecule has 4 rings (SSSR count). The number of hydrogen-bond acceptors (Lipinski definition) is 4. The van der Waals surface area contributed by atoms with Crippen LogP contribution in [0.3, 0.4) is 0 Å². The molecule has 0 aliphatic heterocycles. The molecular weight excluding hydrogens is 450 g/mol. The normalized spacial score (nSPS) is 11.6. The number of rotatable bonds is 10. The Morgan fingerprint density at radius 2 is 1.71 bits per heavy atom. The lowest BCUT2D eigenvalue weighted by atomic mass is 9.98. The number of hydrogen-bond donors (Lipinski definition) is 1. The molecule has 0 aliphatic rings. The Morgan fingerprint density at radius 3 is 2.31 bits per heavy atom. The Kier molecular flexibility index (Phi) is 7.53. The molecule has 0 spiro atoms. The van der Waals surface area contributed by atoms with Crippen LogP contribution >= 0.6 is 0 Å².